The van der Waals surface area contributed by atoms with Gasteiger partial charge < -0.3 is 9.38 Å². The Bertz CT molecular complexity index is 1750. The number of quaternary nitrogens is 1. The fourth-order valence-electron chi connectivity index (χ4n) is 6.35. The van der Waals surface area contributed by atoms with Gasteiger partial charge in [-0.15, -0.1) is 0 Å². The molecule has 4 aromatic carbocycles. The summed E-state index contributed by atoms with van der Waals surface area (Å²) in [7, 11) is 6.89. The van der Waals surface area contributed by atoms with Crippen LogP contribution in [-0.4, -0.2) is 45.3 Å². The van der Waals surface area contributed by atoms with Crippen LogP contribution in [-0.2, 0) is 39.3 Å². The molecule has 0 N–H and O–H groups in total. The van der Waals surface area contributed by atoms with E-state index in [1.165, 1.54) is 49.1 Å². The van der Waals surface area contributed by atoms with Crippen molar-refractivity contribution in [2.45, 2.75) is 31.2 Å². The Balaban J connectivity index is 0.00000400. The molecule has 6 heteroatoms. The standard InChI is InChI=1S/C39H44N4S.Y/c1-5-25-41(26-16-27-43(3,4)30-31-17-8-6-9-18-31)38-28-32(29-39-40(2)36-23-14-15-24-37(36)44-39)34-21-12-13-22-35(34)42(38)33-19-10-7-11-20-33;/h6-15,17-24,28-29H,5,16,25-27,30H2,1-4H3;/q+2;. The van der Waals surface area contributed by atoms with Crippen molar-refractivity contribution in [1.82, 2.24) is 0 Å². The molecule has 0 atom stereocenters. The maximum Gasteiger partial charge on any atom is 0.282 e. The molecule has 0 saturated carbocycles. The SMILES string of the molecule is CCCN(CCC[N+](C)(C)Cc1ccccc1)c1cc(C=C2Sc3ccccc3N2C)c2ccccc2[n+]1-c1ccccc1.[Y]. The molecule has 0 saturated heterocycles. The van der Waals surface area contributed by atoms with Crippen molar-refractivity contribution in [2.75, 3.05) is 50.6 Å². The molecule has 0 amide bonds. The van der Waals surface area contributed by atoms with E-state index in [4.69, 9.17) is 0 Å². The fourth-order valence-corrected chi connectivity index (χ4v) is 7.46. The molecule has 0 spiro atoms. The van der Waals surface area contributed by atoms with E-state index in [2.05, 4.69) is 164 Å². The van der Waals surface area contributed by atoms with Crippen LogP contribution in [0.5, 0.6) is 0 Å². The van der Waals surface area contributed by atoms with E-state index < -0.39 is 0 Å². The largest absolute Gasteiger partial charge is 0.338 e. The first-order valence-corrected chi connectivity index (χ1v) is 16.6. The Morgan fingerprint density at radius 2 is 1.49 bits per heavy atom. The average molecular weight is 690 g/mol. The summed E-state index contributed by atoms with van der Waals surface area (Å²) in [5.74, 6) is 1.25. The molecule has 0 bridgehead atoms. The van der Waals surface area contributed by atoms with Gasteiger partial charge in [0, 0.05) is 68.1 Å². The van der Waals surface area contributed by atoms with Crippen molar-refractivity contribution in [3.05, 3.63) is 131 Å². The van der Waals surface area contributed by atoms with Crippen molar-refractivity contribution >= 4 is 40.2 Å². The quantitative estimate of drug-likeness (QED) is 0.102. The van der Waals surface area contributed by atoms with Gasteiger partial charge in [0.25, 0.3) is 5.82 Å². The summed E-state index contributed by atoms with van der Waals surface area (Å²) >= 11 is 1.85. The number of aromatic nitrogens is 1. The van der Waals surface area contributed by atoms with Crippen LogP contribution in [0, 0.1) is 0 Å². The molecule has 5 aromatic rings. The predicted octanol–water partition coefficient (Wildman–Crippen LogP) is 8.54. The molecule has 1 aliphatic heterocycles. The molecule has 45 heavy (non-hydrogen) atoms. The molecule has 2 heterocycles. The predicted molar refractivity (Wildman–Crippen MR) is 188 cm³/mol. The Kier molecular flexibility index (Phi) is 11.2. The normalized spacial score (nSPS) is 13.6. The third kappa shape index (κ3) is 7.72. The van der Waals surface area contributed by atoms with Gasteiger partial charge in [0.2, 0.25) is 0 Å². The Morgan fingerprint density at radius 1 is 0.822 bits per heavy atom. The van der Waals surface area contributed by atoms with Crippen LogP contribution in [0.25, 0.3) is 22.7 Å². The number of benzene rings is 4. The van der Waals surface area contributed by atoms with Crippen LogP contribution in [0.3, 0.4) is 0 Å². The van der Waals surface area contributed by atoms with E-state index in [0.29, 0.717) is 0 Å². The van der Waals surface area contributed by atoms with E-state index in [-0.39, 0.29) is 32.7 Å². The van der Waals surface area contributed by atoms with Crippen LogP contribution in [0.15, 0.2) is 125 Å². The van der Waals surface area contributed by atoms with E-state index in [0.717, 1.165) is 43.5 Å². The number of para-hydroxylation sites is 3. The second-order valence-electron chi connectivity index (χ2n) is 12.4. The molecule has 0 fully saturated rings. The Labute approximate surface area is 298 Å². The molecular formula is C39H44N4SY+2. The zero-order valence-electron chi connectivity index (χ0n) is 27.1. The summed E-state index contributed by atoms with van der Waals surface area (Å²) in [5.41, 5.74) is 6.35. The first-order chi connectivity index (χ1) is 21.4. The second kappa shape index (κ2) is 15.1. The van der Waals surface area contributed by atoms with Crippen LogP contribution < -0.4 is 14.4 Å². The summed E-state index contributed by atoms with van der Waals surface area (Å²) < 4.78 is 3.44. The van der Waals surface area contributed by atoms with Crippen molar-refractivity contribution in [3.8, 4) is 5.69 Å². The van der Waals surface area contributed by atoms with Crippen molar-refractivity contribution in [3.63, 3.8) is 0 Å². The Hall–Kier alpha value is -2.96. The van der Waals surface area contributed by atoms with E-state index >= 15 is 0 Å². The van der Waals surface area contributed by atoms with E-state index in [1.54, 1.807) is 0 Å². The molecule has 6 rings (SSSR count). The third-order valence-electron chi connectivity index (χ3n) is 8.50. The first-order valence-electron chi connectivity index (χ1n) is 15.8. The van der Waals surface area contributed by atoms with Gasteiger partial charge >= 0.3 is 0 Å². The topological polar surface area (TPSA) is 10.4 Å². The van der Waals surface area contributed by atoms with E-state index in [9.17, 15) is 0 Å². The summed E-state index contributed by atoms with van der Waals surface area (Å²) in [6.45, 7) is 6.46. The van der Waals surface area contributed by atoms with Crippen molar-refractivity contribution in [1.29, 1.82) is 0 Å². The number of pyridine rings is 1. The van der Waals surface area contributed by atoms with Gasteiger partial charge in [0.1, 0.15) is 17.7 Å². The maximum absolute atomic E-state index is 2.62. The molecule has 227 valence electrons. The van der Waals surface area contributed by atoms with E-state index in [1.807, 2.05) is 11.8 Å². The van der Waals surface area contributed by atoms with Gasteiger partial charge in [-0.05, 0) is 48.4 Å². The number of rotatable bonds is 11. The van der Waals surface area contributed by atoms with Crippen molar-refractivity contribution in [2.24, 2.45) is 0 Å². The minimum absolute atomic E-state index is 0. The number of thioether (sulfide) groups is 1. The summed E-state index contributed by atoms with van der Waals surface area (Å²) in [6.07, 6.45) is 4.59. The van der Waals surface area contributed by atoms with Gasteiger partial charge in [0.15, 0.2) is 0 Å². The summed E-state index contributed by atoms with van der Waals surface area (Å²) in [4.78, 5) is 6.25. The van der Waals surface area contributed by atoms with Gasteiger partial charge in [-0.25, -0.2) is 0 Å². The van der Waals surface area contributed by atoms with Crippen molar-refractivity contribution < 1.29 is 41.8 Å². The van der Waals surface area contributed by atoms with Crippen LogP contribution in [0.1, 0.15) is 30.9 Å². The zero-order chi connectivity index (χ0) is 30.5. The molecular weight excluding hydrogens is 645 g/mol. The number of hydrogen-bond donors (Lipinski definition) is 0. The first kappa shape index (κ1) is 33.4. The molecule has 1 radical (unpaired) electrons. The number of fused-ring (bicyclic) bond motifs is 2. The molecule has 1 aromatic heterocycles. The van der Waals surface area contributed by atoms with Crippen LogP contribution >= 0.6 is 11.8 Å². The number of nitrogens with zero attached hydrogens (tertiary/aromatic N) is 4. The minimum Gasteiger partial charge on any atom is -0.338 e. The maximum atomic E-state index is 2.62. The number of hydrogen-bond acceptors (Lipinski definition) is 3. The fraction of sp³-hybridized carbons (Fsp3) is 0.256. The molecule has 0 unspecified atom stereocenters. The van der Waals surface area contributed by atoms with Crippen LogP contribution in [0.4, 0.5) is 11.5 Å². The summed E-state index contributed by atoms with van der Waals surface area (Å²) in [5, 5.41) is 2.51. The third-order valence-corrected chi connectivity index (χ3v) is 9.66. The minimum atomic E-state index is 0. The molecule has 1 aliphatic rings. The van der Waals surface area contributed by atoms with Gasteiger partial charge in [0.05, 0.1) is 44.4 Å². The number of anilines is 2. The second-order valence-corrected chi connectivity index (χ2v) is 13.5. The van der Waals surface area contributed by atoms with Gasteiger partial charge in [-0.3, -0.25) is 4.90 Å². The van der Waals surface area contributed by atoms with Gasteiger partial charge in [-0.1, -0.05) is 97.5 Å². The average Bonchev–Trinajstić information content (AvgIpc) is 3.35. The zero-order valence-corrected chi connectivity index (χ0v) is 30.7. The smallest absolute Gasteiger partial charge is 0.282 e. The summed E-state index contributed by atoms with van der Waals surface area (Å²) in [6, 6.07) is 41.7. The molecule has 0 aliphatic carbocycles. The van der Waals surface area contributed by atoms with Gasteiger partial charge in [-0.2, -0.15) is 4.57 Å². The van der Waals surface area contributed by atoms with Crippen LogP contribution in [0.2, 0.25) is 0 Å². The Morgan fingerprint density at radius 3 is 2.22 bits per heavy atom. The molecule has 4 nitrogen and oxygen atoms in total. The monoisotopic (exact) mass is 689 g/mol.